The Morgan fingerprint density at radius 2 is 1.77 bits per heavy atom. The average Bonchev–Trinajstić information content (AvgIpc) is 2.68. The van der Waals surface area contributed by atoms with Crippen molar-refractivity contribution < 1.29 is 19.1 Å². The molecule has 0 aromatic heterocycles. The van der Waals surface area contributed by atoms with Crippen LogP contribution in [0, 0.1) is 16.7 Å². The van der Waals surface area contributed by atoms with Crippen molar-refractivity contribution in [2.45, 2.75) is 27.7 Å². The number of carbonyl (C=O) groups is 2. The van der Waals surface area contributed by atoms with Gasteiger partial charge in [-0.05, 0) is 48.9 Å². The van der Waals surface area contributed by atoms with E-state index in [1.807, 2.05) is 6.07 Å². The van der Waals surface area contributed by atoms with Crippen LogP contribution in [0.1, 0.15) is 43.6 Å². The molecule has 0 amide bonds. The van der Waals surface area contributed by atoms with Gasteiger partial charge in [0.2, 0.25) is 0 Å². The summed E-state index contributed by atoms with van der Waals surface area (Å²) in [5.41, 5.74) is 0.158. The first kappa shape index (κ1) is 23.5. The van der Waals surface area contributed by atoms with Crippen LogP contribution >= 0.6 is 23.2 Å². The van der Waals surface area contributed by atoms with Crippen molar-refractivity contribution >= 4 is 41.0 Å². The third-order valence-corrected chi connectivity index (χ3v) is 4.72. The molecule has 0 N–H and O–H groups in total. The predicted octanol–water partition coefficient (Wildman–Crippen LogP) is 6.13. The number of ketones is 1. The maximum Gasteiger partial charge on any atom is 0.343 e. The first-order chi connectivity index (χ1) is 14.1. The van der Waals surface area contributed by atoms with Gasteiger partial charge in [0.05, 0.1) is 27.8 Å². The number of carbonyl (C=O) groups excluding carboxylic acids is 2. The van der Waals surface area contributed by atoms with Crippen LogP contribution in [0.15, 0.2) is 42.0 Å². The lowest BCUT2D eigenvalue weighted by molar-refractivity contribution is -0.121. The molecule has 156 valence electrons. The monoisotopic (exact) mass is 445 g/mol. The van der Waals surface area contributed by atoms with Gasteiger partial charge in [-0.15, -0.1) is 0 Å². The number of halogens is 2. The van der Waals surface area contributed by atoms with Gasteiger partial charge in [0.15, 0.2) is 17.3 Å². The number of hydrogen-bond donors (Lipinski definition) is 0. The quantitative estimate of drug-likeness (QED) is 0.231. The number of ether oxygens (including phenoxy) is 2. The largest absolute Gasteiger partial charge is 0.490 e. The highest BCUT2D eigenvalue weighted by molar-refractivity contribution is 6.42. The fourth-order valence-electron chi connectivity index (χ4n) is 2.47. The minimum atomic E-state index is -0.681. The summed E-state index contributed by atoms with van der Waals surface area (Å²) in [4.78, 5) is 24.9. The van der Waals surface area contributed by atoms with Crippen LogP contribution < -0.4 is 9.47 Å². The molecule has 0 aliphatic carbocycles. The molecule has 7 heteroatoms. The number of rotatable bonds is 6. The van der Waals surface area contributed by atoms with Gasteiger partial charge in [-0.3, -0.25) is 4.79 Å². The second-order valence-corrected chi connectivity index (χ2v) is 8.22. The van der Waals surface area contributed by atoms with Crippen molar-refractivity contribution in [3.8, 4) is 17.6 Å². The van der Waals surface area contributed by atoms with Crippen LogP contribution in [0.3, 0.4) is 0 Å². The van der Waals surface area contributed by atoms with Crippen LogP contribution in [0.2, 0.25) is 10.0 Å². The highest BCUT2D eigenvalue weighted by Crippen LogP contribution is 2.31. The Morgan fingerprint density at radius 3 is 2.33 bits per heavy atom. The molecule has 0 spiro atoms. The number of benzene rings is 2. The van der Waals surface area contributed by atoms with E-state index in [-0.39, 0.29) is 27.7 Å². The van der Waals surface area contributed by atoms with Gasteiger partial charge in [0.25, 0.3) is 0 Å². The van der Waals surface area contributed by atoms with Gasteiger partial charge in [-0.25, -0.2) is 4.79 Å². The lowest BCUT2D eigenvalue weighted by atomic mass is 9.86. The molecule has 0 atom stereocenters. The summed E-state index contributed by atoms with van der Waals surface area (Å²) in [5.74, 6) is -0.387. The van der Waals surface area contributed by atoms with Gasteiger partial charge < -0.3 is 9.47 Å². The topological polar surface area (TPSA) is 76.4 Å². The van der Waals surface area contributed by atoms with Crippen LogP contribution in [-0.2, 0) is 4.79 Å². The maximum absolute atomic E-state index is 12.5. The summed E-state index contributed by atoms with van der Waals surface area (Å²) in [6.45, 7) is 7.36. The molecule has 0 unspecified atom stereocenters. The van der Waals surface area contributed by atoms with Gasteiger partial charge in [-0.2, -0.15) is 5.26 Å². The van der Waals surface area contributed by atoms with E-state index >= 15 is 0 Å². The maximum atomic E-state index is 12.5. The molecule has 0 radical (unpaired) electrons. The van der Waals surface area contributed by atoms with Crippen LogP contribution in [-0.4, -0.2) is 18.4 Å². The van der Waals surface area contributed by atoms with E-state index in [1.165, 1.54) is 24.3 Å². The van der Waals surface area contributed by atoms with Gasteiger partial charge >= 0.3 is 5.97 Å². The summed E-state index contributed by atoms with van der Waals surface area (Å²) in [6.07, 6.45) is 1.49. The summed E-state index contributed by atoms with van der Waals surface area (Å²) >= 11 is 11.8. The molecule has 2 aromatic carbocycles. The fraction of sp³-hybridized carbons (Fsp3) is 0.261. The van der Waals surface area contributed by atoms with E-state index in [9.17, 15) is 14.9 Å². The fourth-order valence-corrected chi connectivity index (χ4v) is 2.77. The third-order valence-electron chi connectivity index (χ3n) is 3.98. The molecule has 0 fully saturated rings. The van der Waals surface area contributed by atoms with Crippen LogP contribution in [0.25, 0.3) is 6.08 Å². The van der Waals surface area contributed by atoms with E-state index in [2.05, 4.69) is 0 Å². The number of nitrogens with zero attached hydrogens (tertiary/aromatic N) is 1. The summed E-state index contributed by atoms with van der Waals surface area (Å²) < 4.78 is 11.0. The smallest absolute Gasteiger partial charge is 0.343 e. The standard InChI is InChI=1S/C23H21Cl2NO4/c1-5-29-20-11-14(10-16(13-26)21(27)23(2,3)4)6-9-19(20)30-22(28)15-7-8-17(24)18(25)12-15/h6-12H,5H2,1-4H3. The molecular weight excluding hydrogens is 425 g/mol. The van der Waals surface area contributed by atoms with Gasteiger partial charge in [0.1, 0.15) is 6.07 Å². The Hall–Kier alpha value is -2.81. The Labute approximate surface area is 185 Å². The zero-order valence-corrected chi connectivity index (χ0v) is 18.6. The Balaban J connectivity index is 2.36. The molecule has 0 bridgehead atoms. The number of nitriles is 1. The Morgan fingerprint density at radius 1 is 1.07 bits per heavy atom. The first-order valence-corrected chi connectivity index (χ1v) is 9.93. The highest BCUT2D eigenvalue weighted by Gasteiger charge is 2.25. The van der Waals surface area contributed by atoms with Crippen molar-refractivity contribution in [3.63, 3.8) is 0 Å². The minimum Gasteiger partial charge on any atom is -0.490 e. The number of Topliss-reactive ketones (excluding diaryl/α,β-unsaturated/α-hetero) is 1. The molecule has 0 saturated carbocycles. The van der Waals surface area contributed by atoms with E-state index in [0.29, 0.717) is 22.9 Å². The predicted molar refractivity (Wildman–Crippen MR) is 117 cm³/mol. The van der Waals surface area contributed by atoms with Gasteiger partial charge in [-0.1, -0.05) is 50.0 Å². The molecule has 0 heterocycles. The number of allylic oxidation sites excluding steroid dienone is 1. The summed E-state index contributed by atoms with van der Waals surface area (Å²) in [7, 11) is 0. The normalized spacial score (nSPS) is 11.6. The van der Waals surface area contributed by atoms with Crippen molar-refractivity contribution in [2.75, 3.05) is 6.61 Å². The highest BCUT2D eigenvalue weighted by atomic mass is 35.5. The van der Waals surface area contributed by atoms with E-state index in [4.69, 9.17) is 32.7 Å². The summed E-state index contributed by atoms with van der Waals surface area (Å²) in [5, 5.41) is 9.95. The van der Waals surface area contributed by atoms with Crippen LogP contribution in [0.4, 0.5) is 0 Å². The van der Waals surface area contributed by atoms with Gasteiger partial charge in [0, 0.05) is 5.41 Å². The molecule has 0 saturated heterocycles. The number of hydrogen-bond acceptors (Lipinski definition) is 5. The lowest BCUT2D eigenvalue weighted by Gasteiger charge is -2.16. The minimum absolute atomic E-state index is 0.0329. The van der Waals surface area contributed by atoms with Crippen molar-refractivity contribution in [1.82, 2.24) is 0 Å². The second kappa shape index (κ2) is 9.80. The second-order valence-electron chi connectivity index (χ2n) is 7.41. The van der Waals surface area contributed by atoms with E-state index in [1.54, 1.807) is 45.9 Å². The molecule has 0 aliphatic rings. The molecule has 2 aromatic rings. The average molecular weight is 446 g/mol. The van der Waals surface area contributed by atoms with Crippen molar-refractivity contribution in [2.24, 2.45) is 5.41 Å². The molecule has 30 heavy (non-hydrogen) atoms. The van der Waals surface area contributed by atoms with Crippen molar-refractivity contribution in [3.05, 3.63) is 63.1 Å². The van der Waals surface area contributed by atoms with E-state index in [0.717, 1.165) is 0 Å². The Kier molecular flexibility index (Phi) is 7.66. The SMILES string of the molecule is CCOc1cc(C=C(C#N)C(=O)C(C)(C)C)ccc1OC(=O)c1ccc(Cl)c(Cl)c1. The molecular formula is C23H21Cl2NO4. The zero-order chi connectivity index (χ0) is 22.5. The number of esters is 1. The molecule has 2 rings (SSSR count). The zero-order valence-electron chi connectivity index (χ0n) is 17.1. The first-order valence-electron chi connectivity index (χ1n) is 9.17. The van der Waals surface area contributed by atoms with Crippen LogP contribution in [0.5, 0.6) is 11.5 Å². The Bertz CT molecular complexity index is 1050. The molecule has 5 nitrogen and oxygen atoms in total. The third kappa shape index (κ3) is 5.85. The lowest BCUT2D eigenvalue weighted by Crippen LogP contribution is -2.21. The molecule has 0 aliphatic heterocycles. The van der Waals surface area contributed by atoms with Crippen molar-refractivity contribution in [1.29, 1.82) is 5.26 Å². The van der Waals surface area contributed by atoms with E-state index < -0.39 is 11.4 Å². The summed E-state index contributed by atoms with van der Waals surface area (Å²) in [6, 6.07) is 11.2.